The van der Waals surface area contributed by atoms with Crippen molar-refractivity contribution in [2.45, 2.75) is 19.4 Å². The summed E-state index contributed by atoms with van der Waals surface area (Å²) in [5.41, 5.74) is 0.715. The van der Waals surface area contributed by atoms with E-state index in [1.54, 1.807) is 31.0 Å². The number of nitrogens with one attached hydrogen (secondary N) is 1. The fraction of sp³-hybridized carbons (Fsp3) is 0.385. The highest BCUT2D eigenvalue weighted by Gasteiger charge is 2.18. The van der Waals surface area contributed by atoms with Crippen LogP contribution in [0.3, 0.4) is 0 Å². The Morgan fingerprint density at radius 3 is 2.47 bits per heavy atom. The van der Waals surface area contributed by atoms with Gasteiger partial charge < -0.3 is 10.4 Å². The maximum Gasteiger partial charge on any atom is 0.304 e. The standard InChI is InChI=1S/C13H17BrN2O3/c1-9(16(2)8-7-12(17)18)13(19)15-11-5-3-10(14)4-6-11/h3-6,9H,7-8H2,1-2H3,(H,15,19)(H,17,18). The number of carboxylic acids is 1. The van der Waals surface area contributed by atoms with E-state index in [2.05, 4.69) is 21.2 Å². The van der Waals surface area contributed by atoms with Crippen molar-refractivity contribution in [2.75, 3.05) is 18.9 Å². The first kappa shape index (κ1) is 15.7. The fourth-order valence-corrected chi connectivity index (χ4v) is 1.71. The van der Waals surface area contributed by atoms with Gasteiger partial charge >= 0.3 is 5.97 Å². The van der Waals surface area contributed by atoms with Crippen LogP contribution in [0.15, 0.2) is 28.7 Å². The lowest BCUT2D eigenvalue weighted by Gasteiger charge is -2.23. The van der Waals surface area contributed by atoms with Gasteiger partial charge in [0.1, 0.15) is 0 Å². The molecule has 1 unspecified atom stereocenters. The number of carboxylic acid groups (broad SMARTS) is 1. The summed E-state index contributed by atoms with van der Waals surface area (Å²) in [4.78, 5) is 24.2. The van der Waals surface area contributed by atoms with Crippen LogP contribution in [0, 0.1) is 0 Å². The van der Waals surface area contributed by atoms with Crippen molar-refractivity contribution in [3.63, 3.8) is 0 Å². The van der Waals surface area contributed by atoms with Crippen LogP contribution in [-0.4, -0.2) is 41.5 Å². The van der Waals surface area contributed by atoms with Gasteiger partial charge in [-0.15, -0.1) is 0 Å². The maximum atomic E-state index is 12.0. The van der Waals surface area contributed by atoms with E-state index >= 15 is 0 Å². The topological polar surface area (TPSA) is 69.6 Å². The van der Waals surface area contributed by atoms with Crippen molar-refractivity contribution in [3.8, 4) is 0 Å². The third-order valence-corrected chi connectivity index (χ3v) is 3.36. The minimum absolute atomic E-state index is 0.0202. The third-order valence-electron chi connectivity index (χ3n) is 2.83. The number of hydrogen-bond acceptors (Lipinski definition) is 3. The van der Waals surface area contributed by atoms with Crippen LogP contribution in [0.25, 0.3) is 0 Å². The van der Waals surface area contributed by atoms with Crippen molar-refractivity contribution in [1.29, 1.82) is 0 Å². The average Bonchev–Trinajstić information content (AvgIpc) is 2.37. The Bertz CT molecular complexity index is 448. The molecule has 104 valence electrons. The van der Waals surface area contributed by atoms with Gasteiger partial charge in [-0.25, -0.2) is 0 Å². The molecule has 0 aliphatic carbocycles. The first-order chi connectivity index (χ1) is 8.90. The smallest absolute Gasteiger partial charge is 0.304 e. The molecule has 1 aromatic rings. The van der Waals surface area contributed by atoms with Gasteiger partial charge in [0.2, 0.25) is 5.91 Å². The zero-order chi connectivity index (χ0) is 14.4. The monoisotopic (exact) mass is 328 g/mol. The molecule has 1 atom stereocenters. The van der Waals surface area contributed by atoms with Crippen LogP contribution in [0.5, 0.6) is 0 Å². The molecule has 0 aliphatic rings. The number of nitrogens with zero attached hydrogens (tertiary/aromatic N) is 1. The molecule has 19 heavy (non-hydrogen) atoms. The van der Waals surface area contributed by atoms with E-state index < -0.39 is 5.97 Å². The summed E-state index contributed by atoms with van der Waals surface area (Å²) in [6, 6.07) is 6.89. The van der Waals surface area contributed by atoms with E-state index in [1.807, 2.05) is 12.1 Å². The second-order valence-electron chi connectivity index (χ2n) is 4.30. The van der Waals surface area contributed by atoms with Crippen molar-refractivity contribution >= 4 is 33.5 Å². The summed E-state index contributed by atoms with van der Waals surface area (Å²) in [7, 11) is 1.73. The molecule has 1 aromatic carbocycles. The first-order valence-corrected chi connectivity index (χ1v) is 6.68. The Hall–Kier alpha value is -1.40. The molecule has 0 aromatic heterocycles. The van der Waals surface area contributed by atoms with Crippen LogP contribution < -0.4 is 5.32 Å². The number of aliphatic carboxylic acids is 1. The lowest BCUT2D eigenvalue weighted by molar-refractivity contribution is -0.137. The Kier molecular flexibility index (Phi) is 5.98. The van der Waals surface area contributed by atoms with Crippen LogP contribution in [0.2, 0.25) is 0 Å². The zero-order valence-electron chi connectivity index (χ0n) is 10.9. The summed E-state index contributed by atoms with van der Waals surface area (Å²) in [5.74, 6) is -1.03. The molecule has 0 spiro atoms. The lowest BCUT2D eigenvalue weighted by Crippen LogP contribution is -2.40. The van der Waals surface area contributed by atoms with Gasteiger partial charge in [-0.3, -0.25) is 14.5 Å². The van der Waals surface area contributed by atoms with Crippen LogP contribution in [0.1, 0.15) is 13.3 Å². The van der Waals surface area contributed by atoms with E-state index in [-0.39, 0.29) is 18.4 Å². The summed E-state index contributed by atoms with van der Waals surface area (Å²) in [6.45, 7) is 2.08. The van der Waals surface area contributed by atoms with Gasteiger partial charge in [0.15, 0.2) is 0 Å². The molecule has 5 nitrogen and oxygen atoms in total. The van der Waals surface area contributed by atoms with Gasteiger partial charge in [-0.05, 0) is 38.2 Å². The molecule has 2 N–H and O–H groups in total. The quantitative estimate of drug-likeness (QED) is 0.839. The molecule has 1 rings (SSSR count). The molecule has 0 bridgehead atoms. The first-order valence-electron chi connectivity index (χ1n) is 5.88. The van der Waals surface area contributed by atoms with E-state index in [9.17, 15) is 9.59 Å². The number of rotatable bonds is 6. The molecular formula is C13H17BrN2O3. The lowest BCUT2D eigenvalue weighted by atomic mass is 10.2. The number of benzene rings is 1. The summed E-state index contributed by atoms with van der Waals surface area (Å²) in [6.07, 6.45) is 0.0202. The van der Waals surface area contributed by atoms with Crippen LogP contribution >= 0.6 is 15.9 Å². The Labute approximate surface area is 120 Å². The second-order valence-corrected chi connectivity index (χ2v) is 5.21. The SMILES string of the molecule is CC(C(=O)Nc1ccc(Br)cc1)N(C)CCC(=O)O. The Morgan fingerprint density at radius 1 is 1.37 bits per heavy atom. The molecule has 0 saturated heterocycles. The molecule has 0 heterocycles. The second kappa shape index (κ2) is 7.25. The van der Waals surface area contributed by atoms with E-state index in [0.29, 0.717) is 12.2 Å². The maximum absolute atomic E-state index is 12.0. The van der Waals surface area contributed by atoms with Gasteiger partial charge in [-0.1, -0.05) is 15.9 Å². The molecule has 0 fully saturated rings. The van der Waals surface area contributed by atoms with Crippen molar-refractivity contribution in [2.24, 2.45) is 0 Å². The van der Waals surface area contributed by atoms with Crippen LogP contribution in [0.4, 0.5) is 5.69 Å². The Morgan fingerprint density at radius 2 is 1.95 bits per heavy atom. The molecule has 0 saturated carbocycles. The number of carbonyl (C=O) groups is 2. The highest BCUT2D eigenvalue weighted by atomic mass is 79.9. The molecule has 1 amide bonds. The summed E-state index contributed by atoms with van der Waals surface area (Å²) >= 11 is 3.32. The van der Waals surface area contributed by atoms with E-state index in [1.165, 1.54) is 0 Å². The Balaban J connectivity index is 2.52. The predicted molar refractivity (Wildman–Crippen MR) is 77.1 cm³/mol. The molecule has 6 heteroatoms. The van der Waals surface area contributed by atoms with Crippen molar-refractivity contribution in [1.82, 2.24) is 4.90 Å². The minimum Gasteiger partial charge on any atom is -0.481 e. The van der Waals surface area contributed by atoms with E-state index in [0.717, 1.165) is 4.47 Å². The van der Waals surface area contributed by atoms with Crippen molar-refractivity contribution in [3.05, 3.63) is 28.7 Å². The van der Waals surface area contributed by atoms with Gasteiger partial charge in [0.25, 0.3) is 0 Å². The van der Waals surface area contributed by atoms with Gasteiger partial charge in [0, 0.05) is 16.7 Å². The number of hydrogen-bond donors (Lipinski definition) is 2. The number of halogens is 1. The number of anilines is 1. The van der Waals surface area contributed by atoms with E-state index in [4.69, 9.17) is 5.11 Å². The largest absolute Gasteiger partial charge is 0.481 e. The average molecular weight is 329 g/mol. The third kappa shape index (κ3) is 5.40. The number of likely N-dealkylation sites (N-methyl/N-ethyl adjacent to an activating group) is 1. The summed E-state index contributed by atoms with van der Waals surface area (Å²) < 4.78 is 0.942. The summed E-state index contributed by atoms with van der Waals surface area (Å²) in [5, 5.41) is 11.4. The normalized spacial score (nSPS) is 12.2. The predicted octanol–water partition coefficient (Wildman–Crippen LogP) is 2.18. The molecule has 0 aliphatic heterocycles. The number of carbonyl (C=O) groups excluding carboxylic acids is 1. The van der Waals surface area contributed by atoms with Gasteiger partial charge in [0.05, 0.1) is 12.5 Å². The van der Waals surface area contributed by atoms with Crippen molar-refractivity contribution < 1.29 is 14.7 Å². The zero-order valence-corrected chi connectivity index (χ0v) is 12.5. The number of amides is 1. The molecular weight excluding hydrogens is 312 g/mol. The highest BCUT2D eigenvalue weighted by Crippen LogP contribution is 2.14. The minimum atomic E-state index is -0.868. The molecule has 0 radical (unpaired) electrons. The van der Waals surface area contributed by atoms with Gasteiger partial charge in [-0.2, -0.15) is 0 Å². The fourth-order valence-electron chi connectivity index (χ4n) is 1.45. The highest BCUT2D eigenvalue weighted by molar-refractivity contribution is 9.10. The van der Waals surface area contributed by atoms with Crippen LogP contribution in [-0.2, 0) is 9.59 Å².